The molecule has 9 heteroatoms. The summed E-state index contributed by atoms with van der Waals surface area (Å²) in [4.78, 5) is 13.8. The number of oxazole rings is 1. The van der Waals surface area contributed by atoms with E-state index in [2.05, 4.69) is 9.40 Å². The molecule has 1 heterocycles. The van der Waals surface area contributed by atoms with Gasteiger partial charge in [0.15, 0.2) is 23.1 Å². The SMILES string of the molecule is O=C(O)c1oc(-c2cc(F)c(F)c(F)c2)nc1C(F)F. The van der Waals surface area contributed by atoms with Gasteiger partial charge in [0, 0.05) is 5.56 Å². The topological polar surface area (TPSA) is 63.3 Å². The summed E-state index contributed by atoms with van der Waals surface area (Å²) in [5.41, 5.74) is -1.69. The molecule has 0 fully saturated rings. The quantitative estimate of drug-likeness (QED) is 0.696. The number of carbonyl (C=O) groups is 1. The van der Waals surface area contributed by atoms with E-state index in [1.807, 2.05) is 0 Å². The molecule has 0 unspecified atom stereocenters. The Bertz CT molecular complexity index is 660. The van der Waals surface area contributed by atoms with Gasteiger partial charge in [-0.15, -0.1) is 0 Å². The fourth-order valence-corrected chi connectivity index (χ4v) is 1.44. The van der Waals surface area contributed by atoms with Crippen molar-refractivity contribution >= 4 is 5.97 Å². The molecule has 0 bridgehead atoms. The average Bonchev–Trinajstić information content (AvgIpc) is 2.80. The monoisotopic (exact) mass is 293 g/mol. The maximum atomic E-state index is 13.0. The van der Waals surface area contributed by atoms with Crippen molar-refractivity contribution in [3.63, 3.8) is 0 Å². The highest BCUT2D eigenvalue weighted by Gasteiger charge is 2.27. The number of aromatic carboxylic acids is 1. The van der Waals surface area contributed by atoms with Crippen molar-refractivity contribution in [2.24, 2.45) is 0 Å². The minimum Gasteiger partial charge on any atom is -0.475 e. The largest absolute Gasteiger partial charge is 0.475 e. The molecule has 1 aromatic carbocycles. The van der Waals surface area contributed by atoms with Gasteiger partial charge in [-0.25, -0.2) is 31.7 Å². The normalized spacial score (nSPS) is 11.1. The fraction of sp³-hybridized carbons (Fsp3) is 0.0909. The number of alkyl halides is 2. The lowest BCUT2D eigenvalue weighted by Crippen LogP contribution is -1.99. The molecule has 106 valence electrons. The van der Waals surface area contributed by atoms with Gasteiger partial charge in [0.05, 0.1) is 0 Å². The summed E-state index contributed by atoms with van der Waals surface area (Å²) in [5.74, 6) is -8.66. The van der Waals surface area contributed by atoms with E-state index in [1.54, 1.807) is 0 Å². The Balaban J connectivity index is 2.59. The van der Waals surface area contributed by atoms with E-state index in [9.17, 15) is 26.7 Å². The fourth-order valence-electron chi connectivity index (χ4n) is 1.44. The number of carboxylic acid groups (broad SMARTS) is 1. The predicted molar refractivity (Wildman–Crippen MR) is 53.7 cm³/mol. The first-order valence-electron chi connectivity index (χ1n) is 4.98. The number of hydrogen-bond donors (Lipinski definition) is 1. The number of halogens is 5. The lowest BCUT2D eigenvalue weighted by molar-refractivity contribution is 0.0647. The third-order valence-corrected chi connectivity index (χ3v) is 2.29. The molecule has 0 amide bonds. The molecule has 0 spiro atoms. The van der Waals surface area contributed by atoms with Crippen LogP contribution in [0.5, 0.6) is 0 Å². The van der Waals surface area contributed by atoms with Gasteiger partial charge >= 0.3 is 5.97 Å². The van der Waals surface area contributed by atoms with Gasteiger partial charge in [0.2, 0.25) is 11.7 Å². The van der Waals surface area contributed by atoms with Crippen LogP contribution in [0.3, 0.4) is 0 Å². The second-order valence-electron chi connectivity index (χ2n) is 3.59. The number of hydrogen-bond acceptors (Lipinski definition) is 3. The van der Waals surface area contributed by atoms with E-state index in [0.717, 1.165) is 0 Å². The number of nitrogens with zero attached hydrogens (tertiary/aromatic N) is 1. The van der Waals surface area contributed by atoms with Crippen LogP contribution in [0.25, 0.3) is 11.5 Å². The summed E-state index contributed by atoms with van der Waals surface area (Å²) in [7, 11) is 0. The second kappa shape index (κ2) is 4.91. The molecule has 2 aromatic rings. The van der Waals surface area contributed by atoms with Crippen LogP contribution < -0.4 is 0 Å². The smallest absolute Gasteiger partial charge is 0.374 e. The molecule has 0 radical (unpaired) electrons. The second-order valence-corrected chi connectivity index (χ2v) is 3.59. The van der Waals surface area contributed by atoms with Crippen molar-refractivity contribution in [2.45, 2.75) is 6.43 Å². The van der Waals surface area contributed by atoms with Gasteiger partial charge < -0.3 is 9.52 Å². The number of carboxylic acids is 1. The zero-order chi connectivity index (χ0) is 15.0. The Morgan fingerprint density at radius 3 is 2.15 bits per heavy atom. The zero-order valence-electron chi connectivity index (χ0n) is 9.33. The van der Waals surface area contributed by atoms with Crippen LogP contribution in [0.1, 0.15) is 22.7 Å². The maximum Gasteiger partial charge on any atom is 0.374 e. The first-order valence-corrected chi connectivity index (χ1v) is 4.98. The summed E-state index contributed by atoms with van der Waals surface area (Å²) in [6, 6.07) is 0.899. The van der Waals surface area contributed by atoms with Gasteiger partial charge in [0.1, 0.15) is 0 Å². The standard InChI is InChI=1S/C11H4F5NO3/c12-4-1-3(2-5(13)6(4)14)10-17-7(9(15)16)8(20-10)11(18)19/h1-2,9H,(H,18,19). The average molecular weight is 293 g/mol. The van der Waals surface area contributed by atoms with Crippen molar-refractivity contribution in [3.8, 4) is 11.5 Å². The molecule has 1 N–H and O–H groups in total. The Morgan fingerprint density at radius 2 is 1.75 bits per heavy atom. The first-order chi connectivity index (χ1) is 9.31. The Morgan fingerprint density at radius 1 is 1.20 bits per heavy atom. The molecule has 2 rings (SSSR count). The van der Waals surface area contributed by atoms with Gasteiger partial charge in [-0.05, 0) is 12.1 Å². The highest BCUT2D eigenvalue weighted by Crippen LogP contribution is 2.29. The molecule has 0 saturated carbocycles. The molecule has 4 nitrogen and oxygen atoms in total. The summed E-state index contributed by atoms with van der Waals surface area (Å²) < 4.78 is 68.4. The van der Waals surface area contributed by atoms with Crippen LogP contribution in [0.15, 0.2) is 16.5 Å². The van der Waals surface area contributed by atoms with Crippen LogP contribution >= 0.6 is 0 Å². The van der Waals surface area contributed by atoms with Gasteiger partial charge in [-0.2, -0.15) is 0 Å². The van der Waals surface area contributed by atoms with E-state index in [4.69, 9.17) is 5.11 Å². The molecular formula is C11H4F5NO3. The Hall–Kier alpha value is -2.45. The summed E-state index contributed by atoms with van der Waals surface area (Å²) >= 11 is 0. The lowest BCUT2D eigenvalue weighted by Gasteiger charge is -1.98. The number of aromatic nitrogens is 1. The van der Waals surface area contributed by atoms with Crippen molar-refractivity contribution in [1.29, 1.82) is 0 Å². The minimum atomic E-state index is -3.26. The molecular weight excluding hydrogens is 289 g/mol. The zero-order valence-corrected chi connectivity index (χ0v) is 9.33. The van der Waals surface area contributed by atoms with E-state index < -0.39 is 52.8 Å². The van der Waals surface area contributed by atoms with Crippen molar-refractivity contribution in [1.82, 2.24) is 4.98 Å². The number of benzene rings is 1. The van der Waals surface area contributed by atoms with Crippen LogP contribution in [-0.4, -0.2) is 16.1 Å². The molecule has 0 atom stereocenters. The lowest BCUT2D eigenvalue weighted by atomic mass is 10.2. The van der Waals surface area contributed by atoms with Crippen LogP contribution in [0, 0.1) is 17.5 Å². The van der Waals surface area contributed by atoms with Crippen molar-refractivity contribution in [2.75, 3.05) is 0 Å². The molecule has 0 aliphatic heterocycles. The Labute approximate surface area is 107 Å². The highest BCUT2D eigenvalue weighted by atomic mass is 19.3. The third kappa shape index (κ3) is 2.33. The third-order valence-electron chi connectivity index (χ3n) is 2.29. The van der Waals surface area contributed by atoms with E-state index >= 15 is 0 Å². The summed E-state index contributed by atoms with van der Waals surface area (Å²) in [6.45, 7) is 0. The molecule has 20 heavy (non-hydrogen) atoms. The predicted octanol–water partition coefficient (Wildman–Crippen LogP) is 3.39. The Kier molecular flexibility index (Phi) is 3.43. The minimum absolute atomic E-state index is 0.450. The van der Waals surface area contributed by atoms with Gasteiger partial charge in [-0.3, -0.25) is 0 Å². The van der Waals surface area contributed by atoms with E-state index in [-0.39, 0.29) is 0 Å². The highest BCUT2D eigenvalue weighted by molar-refractivity contribution is 5.86. The van der Waals surface area contributed by atoms with Gasteiger partial charge in [0.25, 0.3) is 6.43 Å². The van der Waals surface area contributed by atoms with E-state index in [1.165, 1.54) is 0 Å². The summed E-state index contributed by atoms with van der Waals surface area (Å²) in [6.07, 6.45) is -3.26. The molecule has 0 aliphatic carbocycles. The van der Waals surface area contributed by atoms with Crippen molar-refractivity contribution in [3.05, 3.63) is 41.0 Å². The van der Waals surface area contributed by atoms with Crippen LogP contribution in [0.2, 0.25) is 0 Å². The number of rotatable bonds is 3. The molecule has 0 aliphatic rings. The van der Waals surface area contributed by atoms with Crippen LogP contribution in [0.4, 0.5) is 22.0 Å². The molecule has 0 saturated heterocycles. The van der Waals surface area contributed by atoms with E-state index in [0.29, 0.717) is 12.1 Å². The maximum absolute atomic E-state index is 13.0. The van der Waals surface area contributed by atoms with Gasteiger partial charge in [-0.1, -0.05) is 0 Å². The van der Waals surface area contributed by atoms with Crippen molar-refractivity contribution < 1.29 is 36.3 Å². The molecule has 1 aromatic heterocycles. The summed E-state index contributed by atoms with van der Waals surface area (Å²) in [5, 5.41) is 8.65. The van der Waals surface area contributed by atoms with Crippen LogP contribution in [-0.2, 0) is 0 Å². The first kappa shape index (κ1) is 14.0.